The highest BCUT2D eigenvalue weighted by Gasteiger charge is 2.13. The van der Waals surface area contributed by atoms with Gasteiger partial charge < -0.3 is 14.8 Å². The molecular formula is C17H13NO4. The average molecular weight is 295 g/mol. The maximum atomic E-state index is 11.8. The predicted octanol–water partition coefficient (Wildman–Crippen LogP) is 3.21. The third kappa shape index (κ3) is 2.33. The first-order valence-corrected chi connectivity index (χ1v) is 6.64. The molecule has 3 aromatic rings. The van der Waals surface area contributed by atoms with Crippen LogP contribution < -0.4 is 0 Å². The van der Waals surface area contributed by atoms with E-state index in [0.717, 1.165) is 27.9 Å². The fourth-order valence-electron chi connectivity index (χ4n) is 2.49. The van der Waals surface area contributed by atoms with Gasteiger partial charge in [0.15, 0.2) is 0 Å². The first-order chi connectivity index (χ1) is 10.6. The monoisotopic (exact) mass is 295 g/mol. The molecule has 110 valence electrons. The number of aromatic nitrogens is 1. The maximum Gasteiger partial charge on any atom is 0.339 e. The number of hydrogen-bond donors (Lipinski definition) is 2. The zero-order chi connectivity index (χ0) is 15.7. The molecule has 0 radical (unpaired) electrons. The molecule has 0 saturated carbocycles. The number of para-hydroxylation sites is 1. The molecule has 0 amide bonds. The molecule has 0 unspecified atom stereocenters. The standard InChI is InChI=1S/C17H13NO4/c1-22-17(21)12-4-2-3-11-13-9-10(6-8-15(19)20)5-7-14(13)18-16(11)12/h2-9,18H,1H3,(H,19,20). The maximum absolute atomic E-state index is 11.8. The molecule has 0 spiro atoms. The lowest BCUT2D eigenvalue weighted by atomic mass is 10.1. The van der Waals surface area contributed by atoms with E-state index in [9.17, 15) is 9.59 Å². The molecule has 0 bridgehead atoms. The van der Waals surface area contributed by atoms with Crippen molar-refractivity contribution in [3.05, 3.63) is 53.6 Å². The molecule has 1 aromatic heterocycles. The molecule has 0 aliphatic rings. The molecule has 0 aliphatic heterocycles. The van der Waals surface area contributed by atoms with Crippen molar-refractivity contribution < 1.29 is 19.4 Å². The number of carboxylic acid groups (broad SMARTS) is 1. The van der Waals surface area contributed by atoms with Crippen LogP contribution in [-0.2, 0) is 9.53 Å². The van der Waals surface area contributed by atoms with E-state index in [0.29, 0.717) is 11.1 Å². The zero-order valence-electron chi connectivity index (χ0n) is 11.8. The fraction of sp³-hybridized carbons (Fsp3) is 0.0588. The van der Waals surface area contributed by atoms with Crippen LogP contribution in [0.3, 0.4) is 0 Å². The van der Waals surface area contributed by atoms with Crippen molar-refractivity contribution in [2.45, 2.75) is 0 Å². The summed E-state index contributed by atoms with van der Waals surface area (Å²) in [4.78, 5) is 25.6. The largest absolute Gasteiger partial charge is 0.478 e. The minimum Gasteiger partial charge on any atom is -0.478 e. The van der Waals surface area contributed by atoms with Gasteiger partial charge in [0.05, 0.1) is 18.2 Å². The SMILES string of the molecule is COC(=O)c1cccc2c1[nH]c1ccc(C=CC(=O)O)cc12. The van der Waals surface area contributed by atoms with Crippen LogP contribution in [-0.4, -0.2) is 29.1 Å². The zero-order valence-corrected chi connectivity index (χ0v) is 11.8. The van der Waals surface area contributed by atoms with Crippen molar-refractivity contribution in [1.82, 2.24) is 4.98 Å². The summed E-state index contributed by atoms with van der Waals surface area (Å²) in [6.07, 6.45) is 2.63. The molecule has 22 heavy (non-hydrogen) atoms. The summed E-state index contributed by atoms with van der Waals surface area (Å²) in [5.74, 6) is -1.39. The minimum absolute atomic E-state index is 0.400. The Kier molecular flexibility index (Phi) is 3.39. The van der Waals surface area contributed by atoms with E-state index in [4.69, 9.17) is 9.84 Å². The molecule has 0 atom stereocenters. The van der Waals surface area contributed by atoms with Gasteiger partial charge in [-0.15, -0.1) is 0 Å². The number of esters is 1. The Morgan fingerprint density at radius 3 is 2.73 bits per heavy atom. The molecule has 5 nitrogen and oxygen atoms in total. The normalized spacial score (nSPS) is 11.3. The molecule has 0 saturated heterocycles. The van der Waals surface area contributed by atoms with Crippen LogP contribution in [0.25, 0.3) is 27.9 Å². The van der Waals surface area contributed by atoms with Gasteiger partial charge in [-0.2, -0.15) is 0 Å². The van der Waals surface area contributed by atoms with Crippen molar-refractivity contribution in [2.75, 3.05) is 7.11 Å². The van der Waals surface area contributed by atoms with Crippen LogP contribution in [0.2, 0.25) is 0 Å². The predicted molar refractivity (Wildman–Crippen MR) is 83.8 cm³/mol. The third-order valence-electron chi connectivity index (χ3n) is 3.48. The first-order valence-electron chi connectivity index (χ1n) is 6.64. The lowest BCUT2D eigenvalue weighted by Gasteiger charge is -2.00. The number of carbonyl (C=O) groups excluding carboxylic acids is 1. The second-order valence-electron chi connectivity index (χ2n) is 4.82. The molecule has 2 aromatic carbocycles. The van der Waals surface area contributed by atoms with Gasteiger partial charge in [0.2, 0.25) is 0 Å². The Hall–Kier alpha value is -3.08. The molecular weight excluding hydrogens is 282 g/mol. The van der Waals surface area contributed by atoms with E-state index >= 15 is 0 Å². The van der Waals surface area contributed by atoms with Crippen LogP contribution in [0.4, 0.5) is 0 Å². The number of fused-ring (bicyclic) bond motifs is 3. The van der Waals surface area contributed by atoms with Crippen LogP contribution in [0.15, 0.2) is 42.5 Å². The topological polar surface area (TPSA) is 79.4 Å². The smallest absolute Gasteiger partial charge is 0.339 e. The van der Waals surface area contributed by atoms with Crippen LogP contribution in [0, 0.1) is 0 Å². The lowest BCUT2D eigenvalue weighted by Crippen LogP contribution is -2.01. The summed E-state index contributed by atoms with van der Waals surface area (Å²) in [7, 11) is 1.35. The van der Waals surface area contributed by atoms with E-state index in [1.54, 1.807) is 12.1 Å². The van der Waals surface area contributed by atoms with Crippen LogP contribution in [0.5, 0.6) is 0 Å². The van der Waals surface area contributed by atoms with E-state index in [-0.39, 0.29) is 0 Å². The Labute approximate surface area is 125 Å². The summed E-state index contributed by atoms with van der Waals surface area (Å²) in [6.45, 7) is 0. The summed E-state index contributed by atoms with van der Waals surface area (Å²) in [5.41, 5.74) is 2.83. The van der Waals surface area contributed by atoms with Crippen LogP contribution >= 0.6 is 0 Å². The number of rotatable bonds is 3. The van der Waals surface area contributed by atoms with Gasteiger partial charge in [-0.3, -0.25) is 0 Å². The second kappa shape index (κ2) is 5.37. The van der Waals surface area contributed by atoms with Crippen molar-refractivity contribution in [3.63, 3.8) is 0 Å². The minimum atomic E-state index is -0.994. The summed E-state index contributed by atoms with van der Waals surface area (Å²) in [5, 5.41) is 10.5. The number of hydrogen-bond acceptors (Lipinski definition) is 3. The van der Waals surface area contributed by atoms with E-state index in [2.05, 4.69) is 4.98 Å². The van der Waals surface area contributed by atoms with Crippen molar-refractivity contribution >= 4 is 39.8 Å². The van der Waals surface area contributed by atoms with Crippen molar-refractivity contribution in [1.29, 1.82) is 0 Å². The molecule has 1 heterocycles. The highest BCUT2D eigenvalue weighted by Crippen LogP contribution is 2.29. The number of aliphatic carboxylic acids is 1. The molecule has 0 aliphatic carbocycles. The van der Waals surface area contributed by atoms with Gasteiger partial charge in [-0.05, 0) is 29.8 Å². The first kappa shape index (κ1) is 13.9. The van der Waals surface area contributed by atoms with Gasteiger partial charge in [0.1, 0.15) is 0 Å². The Bertz CT molecular complexity index is 921. The summed E-state index contributed by atoms with van der Waals surface area (Å²) < 4.78 is 4.79. The van der Waals surface area contributed by atoms with Gasteiger partial charge >= 0.3 is 11.9 Å². The Morgan fingerprint density at radius 1 is 1.18 bits per heavy atom. The lowest BCUT2D eigenvalue weighted by molar-refractivity contribution is -0.131. The molecule has 0 fully saturated rings. The van der Waals surface area contributed by atoms with Gasteiger partial charge in [0.25, 0.3) is 0 Å². The quantitative estimate of drug-likeness (QED) is 0.574. The number of H-pyrrole nitrogens is 1. The summed E-state index contributed by atoms with van der Waals surface area (Å²) >= 11 is 0. The van der Waals surface area contributed by atoms with E-state index in [1.807, 2.05) is 24.3 Å². The second-order valence-corrected chi connectivity index (χ2v) is 4.82. The van der Waals surface area contributed by atoms with Crippen LogP contribution in [0.1, 0.15) is 15.9 Å². The summed E-state index contributed by atoms with van der Waals surface area (Å²) in [6, 6.07) is 11.0. The fourth-order valence-corrected chi connectivity index (χ4v) is 2.49. The molecule has 2 N–H and O–H groups in total. The highest BCUT2D eigenvalue weighted by molar-refractivity contribution is 6.14. The van der Waals surface area contributed by atoms with Gasteiger partial charge in [0, 0.05) is 22.4 Å². The highest BCUT2D eigenvalue weighted by atomic mass is 16.5. The average Bonchev–Trinajstić information content (AvgIpc) is 2.90. The number of aromatic amines is 1. The number of ether oxygens (including phenoxy) is 1. The van der Waals surface area contributed by atoms with Gasteiger partial charge in [-0.25, -0.2) is 9.59 Å². The number of carboxylic acids is 1. The molecule has 5 heteroatoms. The Balaban J connectivity index is 2.22. The van der Waals surface area contributed by atoms with E-state index in [1.165, 1.54) is 13.2 Å². The number of nitrogens with one attached hydrogen (secondary N) is 1. The number of benzene rings is 2. The van der Waals surface area contributed by atoms with E-state index < -0.39 is 11.9 Å². The number of carbonyl (C=O) groups is 2. The van der Waals surface area contributed by atoms with Crippen molar-refractivity contribution in [3.8, 4) is 0 Å². The Morgan fingerprint density at radius 2 is 2.00 bits per heavy atom. The third-order valence-corrected chi connectivity index (χ3v) is 3.48. The molecule has 3 rings (SSSR count). The van der Waals surface area contributed by atoms with Crippen molar-refractivity contribution in [2.24, 2.45) is 0 Å². The number of methoxy groups -OCH3 is 1. The van der Waals surface area contributed by atoms with Gasteiger partial charge in [-0.1, -0.05) is 18.2 Å².